The van der Waals surface area contributed by atoms with E-state index >= 15 is 0 Å². The van der Waals surface area contributed by atoms with Crippen LogP contribution in [-0.4, -0.2) is 39.3 Å². The van der Waals surface area contributed by atoms with E-state index in [1.165, 1.54) is 0 Å². The van der Waals surface area contributed by atoms with Crippen molar-refractivity contribution in [2.75, 3.05) is 0 Å². The molecule has 0 saturated carbocycles. The second kappa shape index (κ2) is 3.84. The van der Waals surface area contributed by atoms with Gasteiger partial charge in [-0.05, 0) is 0 Å². The first kappa shape index (κ1) is 10.8. The van der Waals surface area contributed by atoms with Gasteiger partial charge in [0.25, 0.3) is 0 Å². The number of hydrogen-bond donors (Lipinski definition) is 2. The van der Waals surface area contributed by atoms with Gasteiger partial charge in [-0.25, -0.2) is 0 Å². The van der Waals surface area contributed by atoms with Crippen LogP contribution in [0.2, 0.25) is 0 Å². The van der Waals surface area contributed by atoms with E-state index in [4.69, 9.17) is 9.79 Å². The molecule has 0 unspecified atom stereocenters. The zero-order valence-electron chi connectivity index (χ0n) is 4.03. The number of hydrogen-bond acceptors (Lipinski definition) is 1. The van der Waals surface area contributed by atoms with Gasteiger partial charge in [0.05, 0.1) is 0 Å². The van der Waals surface area contributed by atoms with Crippen LogP contribution < -0.4 is 0 Å². The average molecular weight is 131 g/mol. The number of rotatable bonds is 1. The summed E-state index contributed by atoms with van der Waals surface area (Å²) in [5.74, 6) is 0.604. The summed E-state index contributed by atoms with van der Waals surface area (Å²) in [6, 6.07) is 0. The fourth-order valence-corrected chi connectivity index (χ4v) is 0. The molecule has 0 amide bonds. The Balaban J connectivity index is 0. The van der Waals surface area contributed by atoms with Crippen LogP contribution in [0.5, 0.6) is 0 Å². The van der Waals surface area contributed by atoms with E-state index in [-0.39, 0.29) is 29.6 Å². The SMILES string of the molecule is C=CP(=O)(O)O.[Na]. The Bertz CT molecular complexity index is 95.1. The normalized spacial score (nSPS) is 9.43. The molecule has 7 heavy (non-hydrogen) atoms. The van der Waals surface area contributed by atoms with Gasteiger partial charge in [-0.1, -0.05) is 6.58 Å². The third kappa shape index (κ3) is 10.9. The van der Waals surface area contributed by atoms with Crippen LogP contribution in [0, 0.1) is 0 Å². The van der Waals surface area contributed by atoms with Crippen molar-refractivity contribution in [3.8, 4) is 0 Å². The molecule has 37 valence electrons. The molecule has 5 heteroatoms. The van der Waals surface area contributed by atoms with Gasteiger partial charge in [0.15, 0.2) is 0 Å². The minimum atomic E-state index is -3.88. The molecule has 0 saturated heterocycles. The van der Waals surface area contributed by atoms with E-state index in [9.17, 15) is 4.57 Å². The largest absolute Gasteiger partial charge is 0.348 e. The Kier molecular flexibility index (Phi) is 5.92. The summed E-state index contributed by atoms with van der Waals surface area (Å²) in [7, 11) is -3.88. The fourth-order valence-electron chi connectivity index (χ4n) is 0. The first-order valence-corrected chi connectivity index (χ1v) is 2.93. The molecule has 0 aliphatic rings. The molecule has 3 nitrogen and oxygen atoms in total. The Morgan fingerprint density at radius 2 is 1.71 bits per heavy atom. The summed E-state index contributed by atoms with van der Waals surface area (Å²) in [5.41, 5.74) is 0. The van der Waals surface area contributed by atoms with Gasteiger partial charge in [-0.15, -0.1) is 0 Å². The van der Waals surface area contributed by atoms with E-state index in [1.807, 2.05) is 0 Å². The molecule has 1 radical (unpaired) electrons. The molecule has 0 atom stereocenters. The summed E-state index contributed by atoms with van der Waals surface area (Å²) in [6.45, 7) is 2.87. The minimum Gasteiger partial charge on any atom is -0.321 e. The molecule has 0 aliphatic carbocycles. The van der Waals surface area contributed by atoms with Crippen molar-refractivity contribution in [1.29, 1.82) is 0 Å². The van der Waals surface area contributed by atoms with Crippen LogP contribution in [-0.2, 0) is 4.57 Å². The maximum absolute atomic E-state index is 9.58. The Morgan fingerprint density at radius 1 is 1.57 bits per heavy atom. The van der Waals surface area contributed by atoms with Crippen molar-refractivity contribution in [3.05, 3.63) is 12.4 Å². The molecule has 0 rings (SSSR count). The van der Waals surface area contributed by atoms with E-state index in [2.05, 4.69) is 6.58 Å². The Hall–Kier alpha value is 0.890. The molecule has 0 aromatic carbocycles. The van der Waals surface area contributed by atoms with Crippen LogP contribution in [0.4, 0.5) is 0 Å². The van der Waals surface area contributed by atoms with Gasteiger partial charge >= 0.3 is 7.60 Å². The molecule has 0 bridgehead atoms. The second-order valence-electron chi connectivity index (χ2n) is 0.772. The van der Waals surface area contributed by atoms with Gasteiger partial charge in [-0.2, -0.15) is 0 Å². The molecule has 0 aromatic rings. The predicted molar refractivity (Wildman–Crippen MR) is 28.0 cm³/mol. The van der Waals surface area contributed by atoms with Crippen molar-refractivity contribution in [1.82, 2.24) is 0 Å². The van der Waals surface area contributed by atoms with E-state index in [1.54, 1.807) is 0 Å². The van der Waals surface area contributed by atoms with Crippen LogP contribution in [0.1, 0.15) is 0 Å². The van der Waals surface area contributed by atoms with Gasteiger partial charge in [0, 0.05) is 35.4 Å². The van der Waals surface area contributed by atoms with Gasteiger partial charge < -0.3 is 9.79 Å². The fraction of sp³-hybridized carbons (Fsp3) is 0. The van der Waals surface area contributed by atoms with E-state index in [0.717, 1.165) is 0 Å². The molecule has 0 heterocycles. The first-order valence-electron chi connectivity index (χ1n) is 1.25. The maximum Gasteiger partial charge on any atom is 0.348 e. The Morgan fingerprint density at radius 3 is 1.71 bits per heavy atom. The molecule has 0 spiro atoms. The molecule has 0 aliphatic heterocycles. The topological polar surface area (TPSA) is 57.5 Å². The standard InChI is InChI=1S/C2H5O3P.Na/c1-2-6(3,4)5;/h2H,1H2,(H2,3,4,5);. The van der Waals surface area contributed by atoms with E-state index in [0.29, 0.717) is 5.82 Å². The Labute approximate surface area is 63.9 Å². The second-order valence-corrected chi connectivity index (χ2v) is 2.31. The van der Waals surface area contributed by atoms with Crippen LogP contribution in [0.3, 0.4) is 0 Å². The van der Waals surface area contributed by atoms with Crippen molar-refractivity contribution in [2.45, 2.75) is 0 Å². The summed E-state index contributed by atoms with van der Waals surface area (Å²) in [6.07, 6.45) is 0. The van der Waals surface area contributed by atoms with E-state index < -0.39 is 7.60 Å². The molecular weight excluding hydrogens is 126 g/mol. The predicted octanol–water partition coefficient (Wildman–Crippen LogP) is -0.0732. The third-order valence-corrected chi connectivity index (χ3v) is 0.714. The van der Waals surface area contributed by atoms with Crippen LogP contribution in [0.25, 0.3) is 0 Å². The van der Waals surface area contributed by atoms with Gasteiger partial charge in [0.2, 0.25) is 0 Å². The smallest absolute Gasteiger partial charge is 0.321 e. The maximum atomic E-state index is 9.58. The monoisotopic (exact) mass is 131 g/mol. The van der Waals surface area contributed by atoms with Crippen molar-refractivity contribution < 1.29 is 14.4 Å². The molecule has 0 aromatic heterocycles. The summed E-state index contributed by atoms with van der Waals surface area (Å²) < 4.78 is 9.58. The van der Waals surface area contributed by atoms with Gasteiger partial charge in [0.1, 0.15) is 0 Å². The quantitative estimate of drug-likeness (QED) is 0.386. The summed E-state index contributed by atoms with van der Waals surface area (Å²) in [5, 5.41) is 0. The van der Waals surface area contributed by atoms with Gasteiger partial charge in [-0.3, -0.25) is 4.57 Å². The molecular formula is C2H5NaO3P. The first-order chi connectivity index (χ1) is 2.56. The minimum absolute atomic E-state index is 0. The van der Waals surface area contributed by atoms with Crippen LogP contribution >= 0.6 is 7.60 Å². The average Bonchev–Trinajstić information content (AvgIpc) is 1.35. The zero-order chi connectivity index (χ0) is 5.21. The van der Waals surface area contributed by atoms with Crippen LogP contribution in [0.15, 0.2) is 12.4 Å². The zero-order valence-corrected chi connectivity index (χ0v) is 6.93. The summed E-state index contributed by atoms with van der Waals surface area (Å²) in [4.78, 5) is 15.6. The van der Waals surface area contributed by atoms with Crippen molar-refractivity contribution in [2.24, 2.45) is 0 Å². The third-order valence-electron chi connectivity index (χ3n) is 0.238. The molecule has 2 N–H and O–H groups in total. The van der Waals surface area contributed by atoms with Crippen molar-refractivity contribution >= 4 is 37.2 Å². The summed E-state index contributed by atoms with van der Waals surface area (Å²) >= 11 is 0. The van der Waals surface area contributed by atoms with Crippen molar-refractivity contribution in [3.63, 3.8) is 0 Å². The molecule has 0 fully saturated rings.